The summed E-state index contributed by atoms with van der Waals surface area (Å²) in [6, 6.07) is 0. The first-order valence-electron chi connectivity index (χ1n) is 5.40. The van der Waals surface area contributed by atoms with Crippen molar-refractivity contribution in [3.63, 3.8) is 0 Å². The minimum atomic E-state index is 0.606. The van der Waals surface area contributed by atoms with Crippen molar-refractivity contribution in [1.82, 2.24) is 0 Å². The first-order chi connectivity index (χ1) is 5.71. The van der Waals surface area contributed by atoms with Gasteiger partial charge in [-0.05, 0) is 12.8 Å². The third kappa shape index (κ3) is 4.68. The molecule has 0 saturated heterocycles. The summed E-state index contributed by atoms with van der Waals surface area (Å²) < 4.78 is 0.606. The van der Waals surface area contributed by atoms with E-state index in [0.29, 0.717) is 3.42 Å². The summed E-state index contributed by atoms with van der Waals surface area (Å²) in [4.78, 5) is 0. The molecule has 0 spiro atoms. The molecule has 0 unspecified atom stereocenters. The minimum absolute atomic E-state index is 0.606. The molecule has 1 heteroatoms. The lowest BCUT2D eigenvalue weighted by Gasteiger charge is -2.23. The summed E-state index contributed by atoms with van der Waals surface area (Å²) >= 11 is 2.66. The summed E-state index contributed by atoms with van der Waals surface area (Å²) in [6.07, 6.45) is 13.2. The van der Waals surface area contributed by atoms with Crippen molar-refractivity contribution in [3.05, 3.63) is 0 Å². The Morgan fingerprint density at radius 3 is 1.50 bits per heavy atom. The maximum atomic E-state index is 2.66. The number of halogens is 1. The summed E-state index contributed by atoms with van der Waals surface area (Å²) in [5, 5.41) is 0. The highest BCUT2D eigenvalue weighted by Gasteiger charge is 2.19. The van der Waals surface area contributed by atoms with Gasteiger partial charge in [-0.2, -0.15) is 0 Å². The van der Waals surface area contributed by atoms with Crippen molar-refractivity contribution in [2.45, 2.75) is 68.1 Å². The molecule has 0 amide bonds. The number of hydrogen-bond acceptors (Lipinski definition) is 0. The topological polar surface area (TPSA) is 0 Å². The van der Waals surface area contributed by atoms with Crippen LogP contribution in [-0.2, 0) is 0 Å². The Labute approximate surface area is 90.6 Å². The van der Waals surface area contributed by atoms with Crippen LogP contribution in [0.4, 0.5) is 0 Å². The summed E-state index contributed by atoms with van der Waals surface area (Å²) in [7, 11) is 0. The van der Waals surface area contributed by atoms with Crippen LogP contribution in [0.25, 0.3) is 0 Å². The third-order valence-electron chi connectivity index (χ3n) is 2.90. The largest absolute Gasteiger partial charge is 0.0792 e. The zero-order valence-electron chi connectivity index (χ0n) is 8.24. The molecule has 0 N–H and O–H groups in total. The summed E-state index contributed by atoms with van der Waals surface area (Å²) in [6.45, 7) is 2.43. The maximum absolute atomic E-state index is 2.66. The van der Waals surface area contributed by atoms with E-state index in [0.717, 1.165) is 0 Å². The Bertz CT molecular complexity index is 106. The smallest absolute Gasteiger partial charge is 0.0194 e. The van der Waals surface area contributed by atoms with Crippen LogP contribution in [0.1, 0.15) is 64.7 Å². The van der Waals surface area contributed by atoms with Gasteiger partial charge in [-0.15, -0.1) is 0 Å². The molecule has 72 valence electrons. The second-order valence-electron chi connectivity index (χ2n) is 4.39. The predicted molar refractivity (Wildman–Crippen MR) is 64.0 cm³/mol. The summed E-state index contributed by atoms with van der Waals surface area (Å²) in [5.74, 6) is 0. The molecule has 1 aliphatic carbocycles. The van der Waals surface area contributed by atoms with Crippen LogP contribution < -0.4 is 0 Å². The average Bonchev–Trinajstić information content (AvgIpc) is 2.02. The van der Waals surface area contributed by atoms with Crippen LogP contribution in [0.15, 0.2) is 0 Å². The quantitative estimate of drug-likeness (QED) is 0.445. The van der Waals surface area contributed by atoms with Gasteiger partial charge in [0.05, 0.1) is 0 Å². The van der Waals surface area contributed by atoms with Crippen LogP contribution in [0.5, 0.6) is 0 Å². The van der Waals surface area contributed by atoms with E-state index in [-0.39, 0.29) is 0 Å². The Hall–Kier alpha value is 0.730. The molecule has 0 aromatic carbocycles. The Morgan fingerprint density at radius 2 is 1.08 bits per heavy atom. The highest BCUT2D eigenvalue weighted by Crippen LogP contribution is 2.32. The minimum Gasteiger partial charge on any atom is -0.0792 e. The number of rotatable bonds is 0. The molecule has 0 radical (unpaired) electrons. The molecule has 12 heavy (non-hydrogen) atoms. The van der Waals surface area contributed by atoms with Crippen LogP contribution in [0.2, 0.25) is 0 Å². The van der Waals surface area contributed by atoms with Crippen molar-refractivity contribution in [2.24, 2.45) is 0 Å². The SMILES string of the molecule is CC1(I)CCCCCCCCC1. The molecule has 1 saturated carbocycles. The van der Waals surface area contributed by atoms with Gasteiger partial charge in [0.15, 0.2) is 0 Å². The van der Waals surface area contributed by atoms with Crippen molar-refractivity contribution in [3.8, 4) is 0 Å². The van der Waals surface area contributed by atoms with Crippen molar-refractivity contribution >= 4 is 22.6 Å². The van der Waals surface area contributed by atoms with E-state index in [1.54, 1.807) is 0 Å². The van der Waals surface area contributed by atoms with Gasteiger partial charge >= 0.3 is 0 Å². The molecule has 1 fully saturated rings. The maximum Gasteiger partial charge on any atom is 0.0194 e. The van der Waals surface area contributed by atoms with Gasteiger partial charge in [-0.3, -0.25) is 0 Å². The fourth-order valence-corrected chi connectivity index (χ4v) is 2.76. The van der Waals surface area contributed by atoms with Gasteiger partial charge in [-0.1, -0.05) is 74.5 Å². The summed E-state index contributed by atoms with van der Waals surface area (Å²) in [5.41, 5.74) is 0. The Kier molecular flexibility index (Phi) is 4.92. The predicted octanol–water partition coefficient (Wildman–Crippen LogP) is 4.70. The van der Waals surface area contributed by atoms with Crippen LogP contribution in [0, 0.1) is 0 Å². The van der Waals surface area contributed by atoms with E-state index in [2.05, 4.69) is 29.5 Å². The average molecular weight is 280 g/mol. The van der Waals surface area contributed by atoms with E-state index >= 15 is 0 Å². The van der Waals surface area contributed by atoms with Crippen LogP contribution in [0.3, 0.4) is 0 Å². The zero-order chi connectivity index (χ0) is 8.86. The molecular weight excluding hydrogens is 259 g/mol. The van der Waals surface area contributed by atoms with Gasteiger partial charge < -0.3 is 0 Å². The standard InChI is InChI=1S/C11H21I/c1-11(12)9-7-5-3-2-4-6-8-10-11/h2-10H2,1H3. The zero-order valence-corrected chi connectivity index (χ0v) is 10.4. The Balaban J connectivity index is 2.27. The molecule has 0 aromatic rings. The molecule has 1 rings (SSSR count). The van der Waals surface area contributed by atoms with E-state index in [1.807, 2.05) is 0 Å². The van der Waals surface area contributed by atoms with Crippen LogP contribution >= 0.6 is 22.6 Å². The molecule has 0 atom stereocenters. The van der Waals surface area contributed by atoms with E-state index in [9.17, 15) is 0 Å². The van der Waals surface area contributed by atoms with Crippen molar-refractivity contribution in [1.29, 1.82) is 0 Å². The molecule has 0 aliphatic heterocycles. The van der Waals surface area contributed by atoms with E-state index < -0.39 is 0 Å². The second kappa shape index (κ2) is 5.46. The molecule has 0 aromatic heterocycles. The van der Waals surface area contributed by atoms with E-state index in [1.165, 1.54) is 57.8 Å². The van der Waals surface area contributed by atoms with Crippen molar-refractivity contribution < 1.29 is 0 Å². The third-order valence-corrected chi connectivity index (χ3v) is 3.97. The van der Waals surface area contributed by atoms with Gasteiger partial charge in [-0.25, -0.2) is 0 Å². The molecule has 0 heterocycles. The van der Waals surface area contributed by atoms with E-state index in [4.69, 9.17) is 0 Å². The first-order valence-corrected chi connectivity index (χ1v) is 6.47. The lowest BCUT2D eigenvalue weighted by atomic mass is 9.94. The highest BCUT2D eigenvalue weighted by atomic mass is 127. The van der Waals surface area contributed by atoms with Gasteiger partial charge in [0.1, 0.15) is 0 Å². The number of alkyl halides is 1. The van der Waals surface area contributed by atoms with Gasteiger partial charge in [0.25, 0.3) is 0 Å². The molecule has 0 nitrogen and oxygen atoms in total. The lowest BCUT2D eigenvalue weighted by molar-refractivity contribution is 0.459. The van der Waals surface area contributed by atoms with Crippen LogP contribution in [-0.4, -0.2) is 3.42 Å². The normalized spacial score (nSPS) is 26.5. The second-order valence-corrected chi connectivity index (χ2v) is 6.99. The first kappa shape index (κ1) is 10.8. The fraction of sp³-hybridized carbons (Fsp3) is 1.00. The molecule has 1 aliphatic rings. The highest BCUT2D eigenvalue weighted by molar-refractivity contribution is 14.1. The fourth-order valence-electron chi connectivity index (χ4n) is 2.00. The number of hydrogen-bond donors (Lipinski definition) is 0. The molecule has 0 bridgehead atoms. The van der Waals surface area contributed by atoms with Gasteiger partial charge in [0, 0.05) is 3.42 Å². The van der Waals surface area contributed by atoms with Gasteiger partial charge in [0.2, 0.25) is 0 Å². The Morgan fingerprint density at radius 1 is 0.750 bits per heavy atom. The molecular formula is C11H21I. The monoisotopic (exact) mass is 280 g/mol. The lowest BCUT2D eigenvalue weighted by Crippen LogP contribution is -2.15. The van der Waals surface area contributed by atoms with Crippen molar-refractivity contribution in [2.75, 3.05) is 0 Å².